The molecule has 9 heavy (non-hydrogen) atoms. The topological polar surface area (TPSA) is 49.3 Å². The van der Waals surface area contributed by atoms with Gasteiger partial charge in [-0.25, -0.2) is 0 Å². The van der Waals surface area contributed by atoms with Crippen molar-refractivity contribution in [2.45, 2.75) is 26.0 Å². The van der Waals surface area contributed by atoms with Crippen LogP contribution in [0.2, 0.25) is 0 Å². The zero-order valence-corrected chi connectivity index (χ0v) is 5.42. The van der Waals surface area contributed by atoms with Crippen molar-refractivity contribution in [2.75, 3.05) is 0 Å². The van der Waals surface area contributed by atoms with E-state index in [1.165, 1.54) is 0 Å². The minimum atomic E-state index is -0.619. The lowest BCUT2D eigenvalue weighted by atomic mass is 10.00. The summed E-state index contributed by atoms with van der Waals surface area (Å²) >= 11 is 0. The minimum Gasteiger partial charge on any atom is -0.373 e. The van der Waals surface area contributed by atoms with E-state index in [2.05, 4.69) is 5.32 Å². The molecule has 3 nitrogen and oxygen atoms in total. The first kappa shape index (κ1) is 6.55. The van der Waals surface area contributed by atoms with E-state index in [4.69, 9.17) is 5.11 Å². The molecule has 1 aliphatic heterocycles. The third-order valence-electron chi connectivity index (χ3n) is 1.67. The highest BCUT2D eigenvalue weighted by atomic mass is 16.3. The Labute approximate surface area is 54.1 Å². The van der Waals surface area contributed by atoms with Gasteiger partial charge in [-0.3, -0.25) is 4.79 Å². The van der Waals surface area contributed by atoms with E-state index >= 15 is 0 Å². The predicted octanol–water partition coefficient (Wildman–Crippen LogP) is -0.149. The fourth-order valence-electron chi connectivity index (χ4n) is 0.896. The van der Waals surface area contributed by atoms with Gasteiger partial charge >= 0.3 is 0 Å². The number of rotatable bonds is 0. The predicted molar refractivity (Wildman–Crippen MR) is 32.5 cm³/mol. The van der Waals surface area contributed by atoms with Gasteiger partial charge in [0, 0.05) is 12.3 Å². The van der Waals surface area contributed by atoms with Crippen molar-refractivity contribution < 1.29 is 9.90 Å². The summed E-state index contributed by atoms with van der Waals surface area (Å²) in [7, 11) is 0. The summed E-state index contributed by atoms with van der Waals surface area (Å²) in [6.07, 6.45) is 0.733. The van der Waals surface area contributed by atoms with Gasteiger partial charge in [-0.15, -0.1) is 0 Å². The number of hydrogen-bond acceptors (Lipinski definition) is 2. The van der Waals surface area contributed by atoms with Crippen LogP contribution in [0.15, 0.2) is 0 Å². The van der Waals surface area contributed by atoms with E-state index in [-0.39, 0.29) is 11.8 Å². The van der Waals surface area contributed by atoms with E-state index in [1.807, 2.05) is 6.92 Å². The lowest BCUT2D eigenvalue weighted by Crippen LogP contribution is -2.43. The number of hydrogen-bond donors (Lipinski definition) is 2. The van der Waals surface area contributed by atoms with Crippen LogP contribution in [0.1, 0.15) is 19.8 Å². The van der Waals surface area contributed by atoms with Crippen molar-refractivity contribution in [1.29, 1.82) is 0 Å². The average molecular weight is 129 g/mol. The van der Waals surface area contributed by atoms with Crippen molar-refractivity contribution in [1.82, 2.24) is 5.32 Å². The molecule has 0 aromatic rings. The van der Waals surface area contributed by atoms with E-state index in [0.717, 1.165) is 6.42 Å². The van der Waals surface area contributed by atoms with Gasteiger partial charge in [0.1, 0.15) is 6.23 Å². The largest absolute Gasteiger partial charge is 0.373 e. The Hall–Kier alpha value is -0.570. The van der Waals surface area contributed by atoms with Gasteiger partial charge < -0.3 is 10.4 Å². The molecule has 1 saturated heterocycles. The summed E-state index contributed by atoms with van der Waals surface area (Å²) in [6.45, 7) is 1.92. The Morgan fingerprint density at radius 3 is 2.89 bits per heavy atom. The zero-order valence-electron chi connectivity index (χ0n) is 5.42. The van der Waals surface area contributed by atoms with Crippen LogP contribution in [0.25, 0.3) is 0 Å². The van der Waals surface area contributed by atoms with Gasteiger partial charge in [0.2, 0.25) is 5.91 Å². The molecule has 0 radical (unpaired) electrons. The maximum Gasteiger partial charge on any atom is 0.221 e. The molecule has 0 aromatic carbocycles. The quantitative estimate of drug-likeness (QED) is 0.478. The molecule has 1 heterocycles. The van der Waals surface area contributed by atoms with Gasteiger partial charge in [-0.1, -0.05) is 6.92 Å². The summed E-state index contributed by atoms with van der Waals surface area (Å²) in [4.78, 5) is 10.5. The van der Waals surface area contributed by atoms with Crippen molar-refractivity contribution in [3.8, 4) is 0 Å². The third kappa shape index (κ3) is 1.42. The molecule has 1 rings (SSSR count). The van der Waals surface area contributed by atoms with Crippen molar-refractivity contribution in [3.63, 3.8) is 0 Å². The van der Waals surface area contributed by atoms with Gasteiger partial charge in [0.25, 0.3) is 0 Å². The molecule has 1 fully saturated rings. The van der Waals surface area contributed by atoms with Crippen LogP contribution in [0.5, 0.6) is 0 Å². The molecule has 0 aromatic heterocycles. The van der Waals surface area contributed by atoms with Gasteiger partial charge in [0.05, 0.1) is 0 Å². The highest BCUT2D eigenvalue weighted by Crippen LogP contribution is 2.13. The molecule has 0 spiro atoms. The molecule has 52 valence electrons. The average Bonchev–Trinajstić information content (AvgIpc) is 1.80. The Morgan fingerprint density at radius 2 is 2.44 bits per heavy atom. The molecular formula is C6H11NO2. The normalized spacial score (nSPS) is 36.0. The first-order valence-electron chi connectivity index (χ1n) is 3.17. The summed E-state index contributed by atoms with van der Waals surface area (Å²) in [5, 5.41) is 11.5. The van der Waals surface area contributed by atoms with Crippen LogP contribution >= 0.6 is 0 Å². The molecule has 2 atom stereocenters. The summed E-state index contributed by atoms with van der Waals surface area (Å²) in [6, 6.07) is 0. The highest BCUT2D eigenvalue weighted by Gasteiger charge is 2.22. The Morgan fingerprint density at radius 1 is 1.78 bits per heavy atom. The molecule has 0 saturated carbocycles. The van der Waals surface area contributed by atoms with Gasteiger partial charge in [-0.05, 0) is 6.42 Å². The first-order chi connectivity index (χ1) is 4.20. The van der Waals surface area contributed by atoms with Crippen LogP contribution in [0, 0.1) is 5.92 Å². The maximum absolute atomic E-state index is 10.5. The van der Waals surface area contributed by atoms with Crippen LogP contribution in [0.4, 0.5) is 0 Å². The van der Waals surface area contributed by atoms with Crippen molar-refractivity contribution >= 4 is 5.91 Å². The van der Waals surface area contributed by atoms with Crippen molar-refractivity contribution in [2.24, 2.45) is 5.92 Å². The zero-order chi connectivity index (χ0) is 6.85. The van der Waals surface area contributed by atoms with Gasteiger partial charge in [-0.2, -0.15) is 0 Å². The number of nitrogens with one attached hydrogen (secondary N) is 1. The Kier molecular flexibility index (Phi) is 1.71. The van der Waals surface area contributed by atoms with E-state index < -0.39 is 6.23 Å². The standard InChI is InChI=1S/C6H11NO2/c1-4-2-3-5(8)7-6(4)9/h4,6,9H,2-3H2,1H3,(H,7,8). The molecule has 2 unspecified atom stereocenters. The van der Waals surface area contributed by atoms with E-state index in [0.29, 0.717) is 6.42 Å². The van der Waals surface area contributed by atoms with E-state index in [9.17, 15) is 4.79 Å². The number of amides is 1. The van der Waals surface area contributed by atoms with Crippen LogP contribution in [-0.4, -0.2) is 17.2 Å². The van der Waals surface area contributed by atoms with Crippen LogP contribution < -0.4 is 5.32 Å². The molecule has 1 amide bonds. The highest BCUT2D eigenvalue weighted by molar-refractivity contribution is 5.76. The number of aliphatic hydroxyl groups is 1. The lowest BCUT2D eigenvalue weighted by Gasteiger charge is -2.24. The molecule has 0 aliphatic carbocycles. The molecular weight excluding hydrogens is 118 g/mol. The van der Waals surface area contributed by atoms with Crippen molar-refractivity contribution in [3.05, 3.63) is 0 Å². The second-order valence-corrected chi connectivity index (χ2v) is 2.53. The number of carbonyl (C=O) groups excluding carboxylic acids is 1. The SMILES string of the molecule is CC1CCC(=O)NC1O. The summed E-state index contributed by atoms with van der Waals surface area (Å²) in [5.74, 6) is 0.170. The maximum atomic E-state index is 10.5. The number of piperidine rings is 1. The fraction of sp³-hybridized carbons (Fsp3) is 0.833. The smallest absolute Gasteiger partial charge is 0.221 e. The molecule has 0 bridgehead atoms. The summed E-state index contributed by atoms with van der Waals surface area (Å²) < 4.78 is 0. The van der Waals surface area contributed by atoms with E-state index in [1.54, 1.807) is 0 Å². The third-order valence-corrected chi connectivity index (χ3v) is 1.67. The van der Waals surface area contributed by atoms with Crippen LogP contribution in [-0.2, 0) is 4.79 Å². The molecule has 1 aliphatic rings. The molecule has 2 N–H and O–H groups in total. The second-order valence-electron chi connectivity index (χ2n) is 2.53. The van der Waals surface area contributed by atoms with Crippen LogP contribution in [0.3, 0.4) is 0 Å². The molecule has 3 heteroatoms. The number of carbonyl (C=O) groups is 1. The fourth-order valence-corrected chi connectivity index (χ4v) is 0.896. The summed E-state index contributed by atoms with van der Waals surface area (Å²) in [5.41, 5.74) is 0. The Balaban J connectivity index is 2.44. The number of aliphatic hydroxyl groups excluding tert-OH is 1. The minimum absolute atomic E-state index is 0.0411. The van der Waals surface area contributed by atoms with Gasteiger partial charge in [0.15, 0.2) is 0 Å². The first-order valence-corrected chi connectivity index (χ1v) is 3.17. The second kappa shape index (κ2) is 2.35. The Bertz CT molecular complexity index is 124. The lowest BCUT2D eigenvalue weighted by molar-refractivity contribution is -0.128. The monoisotopic (exact) mass is 129 g/mol.